The van der Waals surface area contributed by atoms with Gasteiger partial charge in [0.1, 0.15) is 0 Å². The van der Waals surface area contributed by atoms with Crippen molar-refractivity contribution in [3.8, 4) is 0 Å². The maximum atomic E-state index is 10.1. The molecule has 0 amide bonds. The molecule has 0 aromatic heterocycles. The molecule has 68 valence electrons. The molecule has 4 nitrogen and oxygen atoms in total. The summed E-state index contributed by atoms with van der Waals surface area (Å²) in [6, 6.07) is 0. The van der Waals surface area contributed by atoms with E-state index in [9.17, 15) is 4.21 Å². The van der Waals surface area contributed by atoms with Crippen molar-refractivity contribution in [3.63, 3.8) is 0 Å². The molecule has 11 heavy (non-hydrogen) atoms. The highest BCUT2D eigenvalue weighted by Crippen LogP contribution is 1.80. The Bertz CT molecular complexity index is 110. The first-order valence-corrected chi connectivity index (χ1v) is 4.82. The van der Waals surface area contributed by atoms with Crippen LogP contribution in [0.25, 0.3) is 0 Å². The second kappa shape index (κ2) is 8.13. The average molecular weight is 181 g/mol. The molecule has 0 bridgehead atoms. The number of rotatable bonds is 7. The van der Waals surface area contributed by atoms with Gasteiger partial charge in [-0.1, -0.05) is 0 Å². The van der Waals surface area contributed by atoms with Crippen LogP contribution in [0.4, 0.5) is 0 Å². The standard InChI is InChI=1S/C6H15NO3S/c1-10-5-4-7-3-2-6-11(8)9/h7H,2-6H2,1H3,(H,8,9). The minimum Gasteiger partial charge on any atom is -0.383 e. The second-order valence-electron chi connectivity index (χ2n) is 2.12. The van der Waals surface area contributed by atoms with Crippen LogP contribution >= 0.6 is 0 Å². The quantitative estimate of drug-likeness (QED) is 0.423. The highest BCUT2D eigenvalue weighted by Gasteiger charge is 1.92. The van der Waals surface area contributed by atoms with Crippen molar-refractivity contribution in [2.45, 2.75) is 6.42 Å². The van der Waals surface area contributed by atoms with Crippen LogP contribution in [0.3, 0.4) is 0 Å². The van der Waals surface area contributed by atoms with E-state index in [2.05, 4.69) is 5.32 Å². The normalized spacial score (nSPS) is 13.3. The average Bonchev–Trinajstić information content (AvgIpc) is 1.96. The van der Waals surface area contributed by atoms with E-state index in [0.29, 0.717) is 12.4 Å². The molecular formula is C6H15NO3S. The van der Waals surface area contributed by atoms with E-state index in [1.54, 1.807) is 7.11 Å². The van der Waals surface area contributed by atoms with Gasteiger partial charge in [-0.15, -0.1) is 0 Å². The van der Waals surface area contributed by atoms with E-state index >= 15 is 0 Å². The van der Waals surface area contributed by atoms with Gasteiger partial charge < -0.3 is 14.6 Å². The number of hydrogen-bond donors (Lipinski definition) is 2. The Morgan fingerprint density at radius 3 is 2.82 bits per heavy atom. The molecule has 0 heterocycles. The molecule has 0 fully saturated rings. The van der Waals surface area contributed by atoms with E-state index in [-0.39, 0.29) is 0 Å². The molecule has 0 saturated heterocycles. The largest absolute Gasteiger partial charge is 0.383 e. The third kappa shape index (κ3) is 10.0. The summed E-state index contributed by atoms with van der Waals surface area (Å²) in [5, 5.41) is 3.07. The Kier molecular flexibility index (Phi) is 8.15. The fourth-order valence-corrected chi connectivity index (χ4v) is 1.01. The van der Waals surface area contributed by atoms with Crippen molar-refractivity contribution in [3.05, 3.63) is 0 Å². The number of nitrogens with one attached hydrogen (secondary N) is 1. The zero-order valence-electron chi connectivity index (χ0n) is 6.71. The molecule has 0 spiro atoms. The van der Waals surface area contributed by atoms with Crippen LogP contribution in [0.2, 0.25) is 0 Å². The predicted octanol–water partition coefficient (Wildman–Crippen LogP) is -0.166. The van der Waals surface area contributed by atoms with Gasteiger partial charge >= 0.3 is 0 Å². The third-order valence-electron chi connectivity index (χ3n) is 1.16. The fourth-order valence-electron chi connectivity index (χ4n) is 0.620. The minimum atomic E-state index is -1.64. The van der Waals surface area contributed by atoms with E-state index in [0.717, 1.165) is 19.5 Å². The summed E-state index contributed by atoms with van der Waals surface area (Å²) in [5.74, 6) is 0.347. The van der Waals surface area contributed by atoms with Gasteiger partial charge in [-0.05, 0) is 13.0 Å². The van der Waals surface area contributed by atoms with Gasteiger partial charge in [-0.25, -0.2) is 4.21 Å². The van der Waals surface area contributed by atoms with Crippen LogP contribution in [0.15, 0.2) is 0 Å². The van der Waals surface area contributed by atoms with Crippen molar-refractivity contribution >= 4 is 11.1 Å². The van der Waals surface area contributed by atoms with Gasteiger partial charge in [0.2, 0.25) is 0 Å². The third-order valence-corrected chi connectivity index (χ3v) is 1.79. The van der Waals surface area contributed by atoms with Crippen molar-refractivity contribution in [1.29, 1.82) is 0 Å². The van der Waals surface area contributed by atoms with Gasteiger partial charge in [0.25, 0.3) is 0 Å². The minimum absolute atomic E-state index is 0.347. The lowest BCUT2D eigenvalue weighted by molar-refractivity contribution is 0.199. The monoisotopic (exact) mass is 181 g/mol. The van der Waals surface area contributed by atoms with Crippen molar-refractivity contribution in [1.82, 2.24) is 5.32 Å². The molecule has 0 aliphatic carbocycles. The molecule has 0 rings (SSSR count). The molecule has 0 radical (unpaired) electrons. The summed E-state index contributed by atoms with van der Waals surface area (Å²) in [5.41, 5.74) is 0. The summed E-state index contributed by atoms with van der Waals surface area (Å²) in [4.78, 5) is 0. The molecule has 1 atom stereocenters. The van der Waals surface area contributed by atoms with Crippen molar-refractivity contribution in [2.24, 2.45) is 0 Å². The molecule has 0 aromatic rings. The van der Waals surface area contributed by atoms with Crippen molar-refractivity contribution < 1.29 is 13.5 Å². The Balaban J connectivity index is 2.85. The number of ether oxygens (including phenoxy) is 1. The Labute approximate surface area is 69.6 Å². The Hall–Kier alpha value is 0.0300. The van der Waals surface area contributed by atoms with Crippen LogP contribution in [-0.2, 0) is 15.8 Å². The molecule has 0 aromatic carbocycles. The SMILES string of the molecule is COCCNCCCS(=O)O. The summed E-state index contributed by atoms with van der Waals surface area (Å²) in [6.45, 7) is 2.26. The van der Waals surface area contributed by atoms with Gasteiger partial charge in [0.15, 0.2) is 11.1 Å². The highest BCUT2D eigenvalue weighted by atomic mass is 32.2. The summed E-state index contributed by atoms with van der Waals surface area (Å²) < 4.78 is 23.3. The van der Waals surface area contributed by atoms with Gasteiger partial charge in [-0.2, -0.15) is 0 Å². The molecule has 0 aliphatic rings. The van der Waals surface area contributed by atoms with Crippen LogP contribution in [0.1, 0.15) is 6.42 Å². The van der Waals surface area contributed by atoms with E-state index in [4.69, 9.17) is 9.29 Å². The summed E-state index contributed by atoms with van der Waals surface area (Å²) in [7, 11) is 1.64. The zero-order valence-corrected chi connectivity index (χ0v) is 7.52. The van der Waals surface area contributed by atoms with Gasteiger partial charge in [0.05, 0.1) is 12.4 Å². The topological polar surface area (TPSA) is 58.6 Å². The lowest BCUT2D eigenvalue weighted by Crippen LogP contribution is -2.21. The van der Waals surface area contributed by atoms with Crippen LogP contribution < -0.4 is 5.32 Å². The molecule has 0 saturated carbocycles. The molecule has 1 unspecified atom stereocenters. The van der Waals surface area contributed by atoms with E-state index in [1.807, 2.05) is 0 Å². The first-order valence-electron chi connectivity index (χ1n) is 3.54. The Morgan fingerprint density at radius 2 is 2.27 bits per heavy atom. The number of methoxy groups -OCH3 is 1. The van der Waals surface area contributed by atoms with Gasteiger partial charge in [0, 0.05) is 13.7 Å². The lowest BCUT2D eigenvalue weighted by atomic mass is 10.5. The summed E-state index contributed by atoms with van der Waals surface area (Å²) >= 11 is -1.64. The summed E-state index contributed by atoms with van der Waals surface area (Å²) in [6.07, 6.45) is 0.729. The maximum Gasteiger partial charge on any atom is 0.152 e. The van der Waals surface area contributed by atoms with Crippen LogP contribution in [0, 0.1) is 0 Å². The van der Waals surface area contributed by atoms with E-state index < -0.39 is 11.1 Å². The smallest absolute Gasteiger partial charge is 0.152 e. The molecular weight excluding hydrogens is 166 g/mol. The van der Waals surface area contributed by atoms with Gasteiger partial charge in [-0.3, -0.25) is 0 Å². The van der Waals surface area contributed by atoms with Crippen LogP contribution in [0.5, 0.6) is 0 Å². The van der Waals surface area contributed by atoms with Crippen LogP contribution in [-0.4, -0.2) is 41.3 Å². The lowest BCUT2D eigenvalue weighted by Gasteiger charge is -2.01. The Morgan fingerprint density at radius 1 is 1.55 bits per heavy atom. The highest BCUT2D eigenvalue weighted by molar-refractivity contribution is 7.79. The fraction of sp³-hybridized carbons (Fsp3) is 1.00. The maximum absolute atomic E-state index is 10.1. The number of hydrogen-bond acceptors (Lipinski definition) is 3. The molecule has 5 heteroatoms. The second-order valence-corrected chi connectivity index (χ2v) is 3.17. The zero-order chi connectivity index (χ0) is 8.53. The van der Waals surface area contributed by atoms with Crippen molar-refractivity contribution in [2.75, 3.05) is 32.6 Å². The molecule has 2 N–H and O–H groups in total. The first-order chi connectivity index (χ1) is 5.27. The van der Waals surface area contributed by atoms with E-state index in [1.165, 1.54) is 0 Å². The first kappa shape index (κ1) is 11.0. The molecule has 0 aliphatic heterocycles. The predicted molar refractivity (Wildman–Crippen MR) is 45.0 cm³/mol.